The van der Waals surface area contributed by atoms with Gasteiger partial charge in [0.1, 0.15) is 5.82 Å². The zero-order valence-electron chi connectivity index (χ0n) is 12.6. The van der Waals surface area contributed by atoms with Crippen LogP contribution in [0.5, 0.6) is 0 Å². The SMILES string of the molecule is CC(C)(C)c1ccc(CNC(=O)c2ccc(F)cc2)cc1. The van der Waals surface area contributed by atoms with E-state index in [-0.39, 0.29) is 17.1 Å². The second-order valence-corrected chi connectivity index (χ2v) is 6.14. The summed E-state index contributed by atoms with van der Waals surface area (Å²) in [5, 5.41) is 2.83. The molecule has 0 spiro atoms. The summed E-state index contributed by atoms with van der Waals surface area (Å²) in [7, 11) is 0. The molecule has 0 aliphatic rings. The predicted molar refractivity (Wildman–Crippen MR) is 82.7 cm³/mol. The number of nitrogens with one attached hydrogen (secondary N) is 1. The van der Waals surface area contributed by atoms with Gasteiger partial charge in [-0.05, 0) is 40.8 Å². The highest BCUT2D eigenvalue weighted by Crippen LogP contribution is 2.22. The van der Waals surface area contributed by atoms with Gasteiger partial charge in [-0.25, -0.2) is 4.39 Å². The number of carbonyl (C=O) groups is 1. The Morgan fingerprint density at radius 2 is 1.57 bits per heavy atom. The Bertz CT molecular complexity index is 609. The molecule has 110 valence electrons. The van der Waals surface area contributed by atoms with Crippen molar-refractivity contribution in [2.24, 2.45) is 0 Å². The third-order valence-electron chi connectivity index (χ3n) is 3.38. The minimum absolute atomic E-state index is 0.121. The molecule has 0 heterocycles. The van der Waals surface area contributed by atoms with E-state index in [2.05, 4.69) is 38.2 Å². The Hall–Kier alpha value is -2.16. The summed E-state index contributed by atoms with van der Waals surface area (Å²) < 4.78 is 12.8. The van der Waals surface area contributed by atoms with E-state index in [9.17, 15) is 9.18 Å². The van der Waals surface area contributed by atoms with Gasteiger partial charge in [0.2, 0.25) is 0 Å². The van der Waals surface area contributed by atoms with E-state index in [1.165, 1.54) is 29.8 Å². The molecule has 0 aliphatic carbocycles. The summed E-state index contributed by atoms with van der Waals surface area (Å²) in [4.78, 5) is 11.9. The Morgan fingerprint density at radius 1 is 1.00 bits per heavy atom. The van der Waals surface area contributed by atoms with Crippen molar-refractivity contribution in [3.05, 3.63) is 71.0 Å². The summed E-state index contributed by atoms with van der Waals surface area (Å²) >= 11 is 0. The second kappa shape index (κ2) is 6.08. The van der Waals surface area contributed by atoms with Crippen molar-refractivity contribution < 1.29 is 9.18 Å². The maximum absolute atomic E-state index is 12.8. The van der Waals surface area contributed by atoms with Crippen LogP contribution in [-0.2, 0) is 12.0 Å². The van der Waals surface area contributed by atoms with Crippen molar-refractivity contribution in [2.45, 2.75) is 32.7 Å². The van der Waals surface area contributed by atoms with Crippen LogP contribution in [0.4, 0.5) is 4.39 Å². The summed E-state index contributed by atoms with van der Waals surface area (Å²) in [6, 6.07) is 13.7. The fourth-order valence-electron chi connectivity index (χ4n) is 2.01. The van der Waals surface area contributed by atoms with Crippen molar-refractivity contribution >= 4 is 5.91 Å². The molecule has 0 fully saturated rings. The molecular formula is C18H20FNO. The third kappa shape index (κ3) is 4.15. The summed E-state index contributed by atoms with van der Waals surface area (Å²) in [6.07, 6.45) is 0. The van der Waals surface area contributed by atoms with Crippen molar-refractivity contribution in [2.75, 3.05) is 0 Å². The molecule has 2 aromatic rings. The first-order chi connectivity index (χ1) is 9.86. The third-order valence-corrected chi connectivity index (χ3v) is 3.38. The monoisotopic (exact) mass is 285 g/mol. The van der Waals surface area contributed by atoms with E-state index >= 15 is 0 Å². The topological polar surface area (TPSA) is 29.1 Å². The molecule has 2 aromatic carbocycles. The van der Waals surface area contributed by atoms with Gasteiger partial charge in [0, 0.05) is 12.1 Å². The zero-order valence-corrected chi connectivity index (χ0v) is 12.6. The molecule has 0 aliphatic heterocycles. The molecule has 0 bridgehead atoms. The normalized spacial score (nSPS) is 11.2. The molecule has 2 rings (SSSR count). The molecule has 0 saturated carbocycles. The van der Waals surface area contributed by atoms with Gasteiger partial charge in [-0.15, -0.1) is 0 Å². The van der Waals surface area contributed by atoms with E-state index in [0.29, 0.717) is 12.1 Å². The molecule has 1 N–H and O–H groups in total. The molecule has 3 heteroatoms. The molecule has 0 aromatic heterocycles. The fourth-order valence-corrected chi connectivity index (χ4v) is 2.01. The van der Waals surface area contributed by atoms with Crippen molar-refractivity contribution in [3.63, 3.8) is 0 Å². The van der Waals surface area contributed by atoms with E-state index in [4.69, 9.17) is 0 Å². The molecule has 0 atom stereocenters. The smallest absolute Gasteiger partial charge is 0.251 e. The predicted octanol–water partition coefficient (Wildman–Crippen LogP) is 4.05. The van der Waals surface area contributed by atoms with Crippen LogP contribution in [0.1, 0.15) is 42.3 Å². The largest absolute Gasteiger partial charge is 0.348 e. The zero-order chi connectivity index (χ0) is 15.5. The fraction of sp³-hybridized carbons (Fsp3) is 0.278. The number of amides is 1. The van der Waals surface area contributed by atoms with Gasteiger partial charge in [-0.3, -0.25) is 4.79 Å². The average Bonchev–Trinajstić information content (AvgIpc) is 2.45. The maximum Gasteiger partial charge on any atom is 0.251 e. The first-order valence-electron chi connectivity index (χ1n) is 6.99. The summed E-state index contributed by atoms with van der Waals surface area (Å²) in [6.45, 7) is 6.95. The lowest BCUT2D eigenvalue weighted by molar-refractivity contribution is 0.0951. The highest BCUT2D eigenvalue weighted by molar-refractivity contribution is 5.94. The van der Waals surface area contributed by atoms with Gasteiger partial charge >= 0.3 is 0 Å². The Labute approximate surface area is 125 Å². The molecule has 21 heavy (non-hydrogen) atoms. The molecule has 0 radical (unpaired) electrons. The van der Waals surface area contributed by atoms with Gasteiger partial charge in [0.25, 0.3) is 5.91 Å². The standard InChI is InChI=1S/C18H20FNO/c1-18(2,3)15-8-4-13(5-9-15)12-20-17(21)14-6-10-16(19)11-7-14/h4-11H,12H2,1-3H3,(H,20,21). The Balaban J connectivity index is 1.97. The van der Waals surface area contributed by atoms with E-state index < -0.39 is 0 Å². The number of rotatable bonds is 3. The highest BCUT2D eigenvalue weighted by Gasteiger charge is 2.13. The number of hydrogen-bond donors (Lipinski definition) is 1. The average molecular weight is 285 g/mol. The van der Waals surface area contributed by atoms with Crippen LogP contribution in [0.15, 0.2) is 48.5 Å². The lowest BCUT2D eigenvalue weighted by Crippen LogP contribution is -2.22. The van der Waals surface area contributed by atoms with Crippen molar-refractivity contribution in [1.82, 2.24) is 5.32 Å². The van der Waals surface area contributed by atoms with Gasteiger partial charge in [-0.1, -0.05) is 45.0 Å². The number of hydrogen-bond acceptors (Lipinski definition) is 1. The van der Waals surface area contributed by atoms with E-state index in [1.54, 1.807) is 0 Å². The molecule has 0 saturated heterocycles. The first kappa shape index (κ1) is 15.2. The molecule has 2 nitrogen and oxygen atoms in total. The van der Waals surface area contributed by atoms with E-state index in [0.717, 1.165) is 5.56 Å². The quantitative estimate of drug-likeness (QED) is 0.905. The molecular weight excluding hydrogens is 265 g/mol. The lowest BCUT2D eigenvalue weighted by Gasteiger charge is -2.19. The van der Waals surface area contributed by atoms with Crippen LogP contribution >= 0.6 is 0 Å². The molecule has 1 amide bonds. The number of benzene rings is 2. The minimum Gasteiger partial charge on any atom is -0.348 e. The van der Waals surface area contributed by atoms with E-state index in [1.807, 2.05) is 12.1 Å². The maximum atomic E-state index is 12.8. The van der Waals surface area contributed by atoms with Gasteiger partial charge < -0.3 is 5.32 Å². The molecule has 0 unspecified atom stereocenters. The van der Waals surface area contributed by atoms with Gasteiger partial charge in [0.15, 0.2) is 0 Å². The van der Waals surface area contributed by atoms with Gasteiger partial charge in [-0.2, -0.15) is 0 Å². The summed E-state index contributed by atoms with van der Waals surface area (Å²) in [5.41, 5.74) is 2.88. The summed E-state index contributed by atoms with van der Waals surface area (Å²) in [5.74, 6) is -0.542. The van der Waals surface area contributed by atoms with Crippen LogP contribution in [0.3, 0.4) is 0 Å². The van der Waals surface area contributed by atoms with Crippen LogP contribution in [0.25, 0.3) is 0 Å². The van der Waals surface area contributed by atoms with Crippen LogP contribution in [-0.4, -0.2) is 5.91 Å². The lowest BCUT2D eigenvalue weighted by atomic mass is 9.87. The van der Waals surface area contributed by atoms with Crippen LogP contribution in [0.2, 0.25) is 0 Å². The van der Waals surface area contributed by atoms with Crippen LogP contribution < -0.4 is 5.32 Å². The first-order valence-corrected chi connectivity index (χ1v) is 6.99. The minimum atomic E-state index is -0.343. The van der Waals surface area contributed by atoms with Gasteiger partial charge in [0.05, 0.1) is 0 Å². The van der Waals surface area contributed by atoms with Crippen molar-refractivity contribution in [1.29, 1.82) is 0 Å². The van der Waals surface area contributed by atoms with Crippen molar-refractivity contribution in [3.8, 4) is 0 Å². The highest BCUT2D eigenvalue weighted by atomic mass is 19.1. The van der Waals surface area contributed by atoms with Crippen LogP contribution in [0, 0.1) is 5.82 Å². The Kier molecular flexibility index (Phi) is 4.41. The number of halogens is 1. The second-order valence-electron chi connectivity index (χ2n) is 6.14. The number of carbonyl (C=O) groups excluding carboxylic acids is 1. The Morgan fingerprint density at radius 3 is 2.10 bits per heavy atom.